The number of hydrazine groups is 1. The van der Waals surface area contributed by atoms with Crippen LogP contribution >= 0.6 is 0 Å². The quantitative estimate of drug-likeness (QED) is 0.802. The second-order valence-corrected chi connectivity index (χ2v) is 7.38. The van der Waals surface area contributed by atoms with Gasteiger partial charge < -0.3 is 0 Å². The molecule has 0 aromatic heterocycles. The minimum atomic E-state index is -0.126. The van der Waals surface area contributed by atoms with Gasteiger partial charge in [0.15, 0.2) is 0 Å². The molecule has 0 spiro atoms. The third-order valence-corrected chi connectivity index (χ3v) is 4.19. The number of hydrogen-bond acceptors (Lipinski definition) is 2. The van der Waals surface area contributed by atoms with Crippen LogP contribution in [0.4, 0.5) is 0 Å². The van der Waals surface area contributed by atoms with Crippen LogP contribution in [-0.4, -0.2) is 23.0 Å². The second-order valence-electron chi connectivity index (χ2n) is 7.38. The first kappa shape index (κ1) is 12.9. The van der Waals surface area contributed by atoms with E-state index in [0.717, 1.165) is 12.5 Å². The predicted octanol–water partition coefficient (Wildman–Crippen LogP) is 2.57. The Hall–Kier alpha value is -0.570. The van der Waals surface area contributed by atoms with Gasteiger partial charge in [-0.05, 0) is 38.0 Å². The van der Waals surface area contributed by atoms with Crippen molar-refractivity contribution < 1.29 is 4.79 Å². The molecule has 17 heavy (non-hydrogen) atoms. The van der Waals surface area contributed by atoms with Gasteiger partial charge in [-0.2, -0.15) is 0 Å². The van der Waals surface area contributed by atoms with Crippen molar-refractivity contribution in [3.8, 4) is 0 Å². The topological polar surface area (TPSA) is 32.3 Å². The van der Waals surface area contributed by atoms with Gasteiger partial charge in [-0.25, -0.2) is 5.43 Å². The molecule has 2 fully saturated rings. The maximum absolute atomic E-state index is 12.5. The SMILES string of the molecule is CC(C)(C)C1C(=O)N(CC2CCC2)NC1(C)C. The first-order valence-electron chi connectivity index (χ1n) is 6.81. The number of carbonyl (C=O) groups is 1. The van der Waals surface area contributed by atoms with Crippen molar-refractivity contribution in [2.45, 2.75) is 59.4 Å². The van der Waals surface area contributed by atoms with E-state index >= 15 is 0 Å². The number of rotatable bonds is 2. The minimum Gasteiger partial charge on any atom is -0.277 e. The van der Waals surface area contributed by atoms with Crippen LogP contribution in [0, 0.1) is 17.3 Å². The fourth-order valence-electron chi connectivity index (χ4n) is 3.45. The van der Waals surface area contributed by atoms with Gasteiger partial charge >= 0.3 is 0 Å². The Morgan fingerprint density at radius 2 is 1.94 bits per heavy atom. The molecule has 3 heteroatoms. The lowest BCUT2D eigenvalue weighted by Gasteiger charge is -2.34. The van der Waals surface area contributed by atoms with E-state index in [2.05, 4.69) is 40.0 Å². The fourth-order valence-corrected chi connectivity index (χ4v) is 3.45. The van der Waals surface area contributed by atoms with Crippen LogP contribution < -0.4 is 5.43 Å². The Balaban J connectivity index is 2.10. The van der Waals surface area contributed by atoms with E-state index in [1.165, 1.54) is 19.3 Å². The van der Waals surface area contributed by atoms with E-state index in [1.807, 2.05) is 5.01 Å². The summed E-state index contributed by atoms with van der Waals surface area (Å²) >= 11 is 0. The highest BCUT2D eigenvalue weighted by molar-refractivity contribution is 5.82. The number of carbonyl (C=O) groups excluding carboxylic acids is 1. The molecule has 1 amide bonds. The van der Waals surface area contributed by atoms with Crippen molar-refractivity contribution >= 4 is 5.91 Å². The van der Waals surface area contributed by atoms with Gasteiger partial charge in [-0.3, -0.25) is 9.80 Å². The molecule has 0 aromatic carbocycles. The maximum Gasteiger partial charge on any atom is 0.242 e. The zero-order valence-corrected chi connectivity index (χ0v) is 11.8. The zero-order chi connectivity index (χ0) is 12.8. The van der Waals surface area contributed by atoms with Crippen molar-refractivity contribution in [2.75, 3.05) is 6.54 Å². The second kappa shape index (κ2) is 3.98. The third kappa shape index (κ3) is 2.35. The Labute approximate surface area is 105 Å². The van der Waals surface area contributed by atoms with Gasteiger partial charge in [0.1, 0.15) is 0 Å². The third-order valence-electron chi connectivity index (χ3n) is 4.19. The molecule has 1 N–H and O–H groups in total. The highest BCUT2D eigenvalue weighted by atomic mass is 16.2. The molecule has 3 nitrogen and oxygen atoms in total. The number of nitrogens with one attached hydrogen (secondary N) is 1. The van der Waals surface area contributed by atoms with Crippen molar-refractivity contribution in [1.82, 2.24) is 10.4 Å². The van der Waals surface area contributed by atoms with Gasteiger partial charge in [0.2, 0.25) is 5.91 Å². The Morgan fingerprint density at radius 3 is 2.29 bits per heavy atom. The van der Waals surface area contributed by atoms with Crippen molar-refractivity contribution in [3.63, 3.8) is 0 Å². The summed E-state index contributed by atoms with van der Waals surface area (Å²) in [7, 11) is 0. The Kier molecular flexibility index (Phi) is 3.01. The van der Waals surface area contributed by atoms with E-state index in [1.54, 1.807) is 0 Å². The molecular weight excluding hydrogens is 212 g/mol. The summed E-state index contributed by atoms with van der Waals surface area (Å²) in [4.78, 5) is 12.5. The van der Waals surface area contributed by atoms with Crippen LogP contribution in [-0.2, 0) is 4.79 Å². The zero-order valence-electron chi connectivity index (χ0n) is 11.8. The minimum absolute atomic E-state index is 0.0158. The van der Waals surface area contributed by atoms with E-state index < -0.39 is 0 Å². The van der Waals surface area contributed by atoms with Crippen LogP contribution in [0.15, 0.2) is 0 Å². The smallest absolute Gasteiger partial charge is 0.242 e. The average Bonchev–Trinajstić information content (AvgIpc) is 2.27. The normalized spacial score (nSPS) is 29.6. The van der Waals surface area contributed by atoms with Crippen LogP contribution in [0.5, 0.6) is 0 Å². The molecule has 1 unspecified atom stereocenters. The lowest BCUT2D eigenvalue weighted by molar-refractivity contribution is -0.136. The predicted molar refractivity (Wildman–Crippen MR) is 69.2 cm³/mol. The van der Waals surface area contributed by atoms with E-state index in [-0.39, 0.29) is 22.8 Å². The summed E-state index contributed by atoms with van der Waals surface area (Å²) in [5, 5.41) is 1.89. The standard InChI is InChI=1S/C14H26N2O/c1-13(2,3)11-12(17)16(15-14(11,4)5)9-10-7-6-8-10/h10-11,15H,6-9H2,1-5H3. The first-order chi connectivity index (χ1) is 7.72. The monoisotopic (exact) mass is 238 g/mol. The summed E-state index contributed by atoms with van der Waals surface area (Å²) in [6.07, 6.45) is 3.90. The fraction of sp³-hybridized carbons (Fsp3) is 0.929. The Bertz CT molecular complexity index is 313. The van der Waals surface area contributed by atoms with Gasteiger partial charge in [0.25, 0.3) is 0 Å². The Morgan fingerprint density at radius 1 is 1.35 bits per heavy atom. The largest absolute Gasteiger partial charge is 0.277 e. The van der Waals surface area contributed by atoms with Crippen LogP contribution in [0.1, 0.15) is 53.9 Å². The van der Waals surface area contributed by atoms with Gasteiger partial charge in [0, 0.05) is 12.1 Å². The summed E-state index contributed by atoms with van der Waals surface area (Å²) in [5.41, 5.74) is 3.31. The van der Waals surface area contributed by atoms with Gasteiger partial charge in [-0.15, -0.1) is 0 Å². The van der Waals surface area contributed by atoms with Crippen molar-refractivity contribution in [1.29, 1.82) is 0 Å². The first-order valence-corrected chi connectivity index (χ1v) is 6.81. The molecule has 1 saturated heterocycles. The summed E-state index contributed by atoms with van der Waals surface area (Å²) in [6, 6.07) is 0. The van der Waals surface area contributed by atoms with Crippen molar-refractivity contribution in [3.05, 3.63) is 0 Å². The molecule has 0 radical (unpaired) electrons. The van der Waals surface area contributed by atoms with Crippen LogP contribution in [0.2, 0.25) is 0 Å². The van der Waals surface area contributed by atoms with Gasteiger partial charge in [-0.1, -0.05) is 27.2 Å². The van der Waals surface area contributed by atoms with Gasteiger partial charge in [0.05, 0.1) is 5.92 Å². The lowest BCUT2D eigenvalue weighted by Crippen LogP contribution is -2.47. The highest BCUT2D eigenvalue weighted by Crippen LogP contribution is 2.40. The van der Waals surface area contributed by atoms with E-state index in [9.17, 15) is 4.79 Å². The van der Waals surface area contributed by atoms with Crippen molar-refractivity contribution in [2.24, 2.45) is 17.3 Å². The molecule has 1 saturated carbocycles. The summed E-state index contributed by atoms with van der Waals surface area (Å²) in [5.74, 6) is 1.07. The number of amides is 1. The molecular formula is C14H26N2O. The van der Waals surface area contributed by atoms with E-state index in [4.69, 9.17) is 0 Å². The molecule has 1 heterocycles. The average molecular weight is 238 g/mol. The maximum atomic E-state index is 12.5. The van der Waals surface area contributed by atoms with Crippen LogP contribution in [0.3, 0.4) is 0 Å². The molecule has 1 aliphatic carbocycles. The summed E-state index contributed by atoms with van der Waals surface area (Å²) in [6.45, 7) is 11.7. The van der Waals surface area contributed by atoms with Crippen LogP contribution in [0.25, 0.3) is 0 Å². The number of nitrogens with zero attached hydrogens (tertiary/aromatic N) is 1. The molecule has 0 bridgehead atoms. The molecule has 0 aromatic rings. The molecule has 98 valence electrons. The number of hydrogen-bond donors (Lipinski definition) is 1. The molecule has 1 atom stereocenters. The lowest BCUT2D eigenvalue weighted by atomic mass is 9.71. The molecule has 2 aliphatic rings. The highest BCUT2D eigenvalue weighted by Gasteiger charge is 2.51. The summed E-state index contributed by atoms with van der Waals surface area (Å²) < 4.78 is 0. The molecule has 2 rings (SSSR count). The van der Waals surface area contributed by atoms with E-state index in [0.29, 0.717) is 0 Å². The molecule has 1 aliphatic heterocycles.